The Hall–Kier alpha value is -1.92. The summed E-state index contributed by atoms with van der Waals surface area (Å²) in [5, 5.41) is 13.7. The normalized spacial score (nSPS) is 16.1. The first-order valence-corrected chi connectivity index (χ1v) is 7.83. The molecule has 0 unspecified atom stereocenters. The van der Waals surface area contributed by atoms with Gasteiger partial charge in [-0.05, 0) is 28.5 Å². The Kier molecular flexibility index (Phi) is 4.17. The topological polar surface area (TPSA) is 56.7 Å². The molecule has 1 saturated heterocycles. The Balaban J connectivity index is 1.57. The quantitative estimate of drug-likeness (QED) is 0.939. The number of carbonyl (C=O) groups excluding carboxylic acids is 1. The molecule has 0 aliphatic carbocycles. The van der Waals surface area contributed by atoms with Crippen LogP contribution in [0.1, 0.15) is 15.9 Å². The van der Waals surface area contributed by atoms with Gasteiger partial charge in [0.1, 0.15) is 5.75 Å². The largest absolute Gasteiger partial charge is 0.506 e. The van der Waals surface area contributed by atoms with E-state index in [4.69, 9.17) is 0 Å². The molecule has 1 aliphatic heterocycles. The molecule has 0 aromatic carbocycles. The van der Waals surface area contributed by atoms with Crippen LogP contribution in [0, 0.1) is 0 Å². The maximum atomic E-state index is 12.3. The summed E-state index contributed by atoms with van der Waals surface area (Å²) < 4.78 is 0. The lowest BCUT2D eigenvalue weighted by Gasteiger charge is -2.34. The molecule has 6 heteroatoms. The minimum atomic E-state index is -0.0615. The fourth-order valence-electron chi connectivity index (χ4n) is 2.48. The fourth-order valence-corrected chi connectivity index (χ4v) is 3.14. The molecule has 0 saturated carbocycles. The molecule has 1 amide bonds. The van der Waals surface area contributed by atoms with Gasteiger partial charge < -0.3 is 10.0 Å². The van der Waals surface area contributed by atoms with E-state index in [0.29, 0.717) is 18.7 Å². The molecule has 110 valence electrons. The van der Waals surface area contributed by atoms with Crippen molar-refractivity contribution in [1.82, 2.24) is 14.8 Å². The van der Waals surface area contributed by atoms with Gasteiger partial charge >= 0.3 is 0 Å². The lowest BCUT2D eigenvalue weighted by atomic mass is 10.2. The molecule has 21 heavy (non-hydrogen) atoms. The van der Waals surface area contributed by atoms with Gasteiger partial charge in [-0.1, -0.05) is 0 Å². The number of nitrogens with zero attached hydrogens (tertiary/aromatic N) is 3. The van der Waals surface area contributed by atoms with Crippen LogP contribution in [0.4, 0.5) is 0 Å². The zero-order valence-corrected chi connectivity index (χ0v) is 12.4. The number of pyridine rings is 1. The van der Waals surface area contributed by atoms with Gasteiger partial charge in [0, 0.05) is 38.9 Å². The number of piperazine rings is 1. The Morgan fingerprint density at radius 2 is 2.10 bits per heavy atom. The summed E-state index contributed by atoms with van der Waals surface area (Å²) in [6.07, 6.45) is 2.83. The highest BCUT2D eigenvalue weighted by molar-refractivity contribution is 7.07. The van der Waals surface area contributed by atoms with Gasteiger partial charge in [0.05, 0.1) is 11.8 Å². The van der Waals surface area contributed by atoms with E-state index in [9.17, 15) is 9.90 Å². The van der Waals surface area contributed by atoms with E-state index in [-0.39, 0.29) is 11.7 Å². The third kappa shape index (κ3) is 3.40. The number of thiophene rings is 1. The molecule has 0 bridgehead atoms. The Labute approximate surface area is 127 Å². The van der Waals surface area contributed by atoms with Crippen LogP contribution in [-0.4, -0.2) is 52.0 Å². The van der Waals surface area contributed by atoms with Crippen molar-refractivity contribution >= 4 is 17.2 Å². The molecule has 5 nitrogen and oxygen atoms in total. The second-order valence-electron chi connectivity index (χ2n) is 5.13. The Morgan fingerprint density at radius 1 is 1.29 bits per heavy atom. The minimum Gasteiger partial charge on any atom is -0.506 e. The second-order valence-corrected chi connectivity index (χ2v) is 5.91. The van der Waals surface area contributed by atoms with Crippen molar-refractivity contribution in [3.05, 3.63) is 46.4 Å². The van der Waals surface area contributed by atoms with Gasteiger partial charge in [-0.25, -0.2) is 0 Å². The molecule has 1 N–H and O–H groups in total. The highest BCUT2D eigenvalue weighted by atomic mass is 32.1. The summed E-state index contributed by atoms with van der Waals surface area (Å²) in [4.78, 5) is 20.4. The van der Waals surface area contributed by atoms with E-state index in [2.05, 4.69) is 26.7 Å². The van der Waals surface area contributed by atoms with Gasteiger partial charge in [-0.2, -0.15) is 11.3 Å². The summed E-state index contributed by atoms with van der Waals surface area (Å²) in [5.74, 6) is -0.0365. The number of hydrogen-bond acceptors (Lipinski definition) is 5. The van der Waals surface area contributed by atoms with Crippen LogP contribution >= 0.6 is 11.3 Å². The van der Waals surface area contributed by atoms with Crippen LogP contribution in [-0.2, 0) is 6.54 Å². The van der Waals surface area contributed by atoms with E-state index in [1.54, 1.807) is 11.3 Å². The van der Waals surface area contributed by atoms with Crippen LogP contribution < -0.4 is 0 Å². The standard InChI is InChI=1S/C15H17N3O2S/c19-14-7-13(8-16-9-14)15(20)18-4-2-17(3-5-18)10-12-1-6-21-11-12/h1,6-9,11,19H,2-5,10H2. The van der Waals surface area contributed by atoms with E-state index < -0.39 is 0 Å². The summed E-state index contributed by atoms with van der Waals surface area (Å²) in [6, 6.07) is 3.60. The molecule has 3 heterocycles. The highest BCUT2D eigenvalue weighted by Gasteiger charge is 2.22. The summed E-state index contributed by atoms with van der Waals surface area (Å²) in [7, 11) is 0. The molecule has 0 atom stereocenters. The third-order valence-corrected chi connectivity index (χ3v) is 4.35. The summed E-state index contributed by atoms with van der Waals surface area (Å²) in [6.45, 7) is 4.10. The smallest absolute Gasteiger partial charge is 0.255 e. The van der Waals surface area contributed by atoms with Gasteiger partial charge in [-0.15, -0.1) is 0 Å². The molecule has 0 spiro atoms. The molecule has 1 fully saturated rings. The average Bonchev–Trinajstić information content (AvgIpc) is 3.00. The molecule has 1 aliphatic rings. The van der Waals surface area contributed by atoms with Gasteiger partial charge in [0.2, 0.25) is 0 Å². The number of hydrogen-bond donors (Lipinski definition) is 1. The molecule has 0 radical (unpaired) electrons. The monoisotopic (exact) mass is 303 g/mol. The molecular formula is C15H17N3O2S. The molecular weight excluding hydrogens is 286 g/mol. The van der Waals surface area contributed by atoms with Gasteiger partial charge in [-0.3, -0.25) is 14.7 Å². The second kappa shape index (κ2) is 6.24. The van der Waals surface area contributed by atoms with E-state index in [1.165, 1.54) is 24.0 Å². The van der Waals surface area contributed by atoms with Crippen molar-refractivity contribution in [2.24, 2.45) is 0 Å². The lowest BCUT2D eigenvalue weighted by Crippen LogP contribution is -2.48. The first-order chi connectivity index (χ1) is 10.2. The van der Waals surface area contributed by atoms with Crippen molar-refractivity contribution in [1.29, 1.82) is 0 Å². The zero-order valence-electron chi connectivity index (χ0n) is 11.6. The van der Waals surface area contributed by atoms with E-state index in [1.807, 2.05) is 4.90 Å². The number of aromatic hydroxyl groups is 1. The van der Waals surface area contributed by atoms with Crippen molar-refractivity contribution in [2.45, 2.75) is 6.54 Å². The average molecular weight is 303 g/mol. The predicted octanol–water partition coefficient (Wildman–Crippen LogP) is 1.81. The van der Waals surface area contributed by atoms with Crippen molar-refractivity contribution in [3.8, 4) is 5.75 Å². The number of carbonyl (C=O) groups is 1. The first-order valence-electron chi connectivity index (χ1n) is 6.89. The van der Waals surface area contributed by atoms with Crippen LogP contribution in [0.25, 0.3) is 0 Å². The lowest BCUT2D eigenvalue weighted by molar-refractivity contribution is 0.0628. The van der Waals surface area contributed by atoms with Crippen LogP contribution in [0.15, 0.2) is 35.3 Å². The van der Waals surface area contributed by atoms with Crippen molar-refractivity contribution in [3.63, 3.8) is 0 Å². The SMILES string of the molecule is O=C(c1cncc(O)c1)N1CCN(Cc2ccsc2)CC1. The van der Waals surface area contributed by atoms with E-state index in [0.717, 1.165) is 19.6 Å². The van der Waals surface area contributed by atoms with Gasteiger partial charge in [0.25, 0.3) is 5.91 Å². The van der Waals surface area contributed by atoms with Crippen molar-refractivity contribution < 1.29 is 9.90 Å². The fraction of sp³-hybridized carbons (Fsp3) is 0.333. The number of rotatable bonds is 3. The van der Waals surface area contributed by atoms with Crippen LogP contribution in [0.5, 0.6) is 5.75 Å². The van der Waals surface area contributed by atoms with Crippen LogP contribution in [0.3, 0.4) is 0 Å². The zero-order chi connectivity index (χ0) is 14.7. The number of amides is 1. The van der Waals surface area contributed by atoms with Crippen LogP contribution in [0.2, 0.25) is 0 Å². The Morgan fingerprint density at radius 3 is 2.76 bits per heavy atom. The maximum absolute atomic E-state index is 12.3. The predicted molar refractivity (Wildman–Crippen MR) is 81.4 cm³/mol. The minimum absolute atomic E-state index is 0.0249. The molecule has 3 rings (SSSR count). The third-order valence-electron chi connectivity index (χ3n) is 3.62. The Bertz CT molecular complexity index is 607. The summed E-state index contributed by atoms with van der Waals surface area (Å²) >= 11 is 1.71. The van der Waals surface area contributed by atoms with Gasteiger partial charge in [0.15, 0.2) is 0 Å². The van der Waals surface area contributed by atoms with Crippen molar-refractivity contribution in [2.75, 3.05) is 26.2 Å². The first kappa shape index (κ1) is 14.0. The molecule has 2 aromatic rings. The number of aromatic nitrogens is 1. The molecule has 2 aromatic heterocycles. The summed E-state index contributed by atoms with van der Waals surface area (Å²) in [5.41, 5.74) is 1.78. The van der Waals surface area contributed by atoms with E-state index >= 15 is 0 Å². The highest BCUT2D eigenvalue weighted by Crippen LogP contribution is 2.15. The maximum Gasteiger partial charge on any atom is 0.255 e.